The molecule has 0 aromatic heterocycles. The highest BCUT2D eigenvalue weighted by molar-refractivity contribution is 7.52. The minimum absolute atomic E-state index is 0.163. The molecular weight excluding hydrogens is 431 g/mol. The molecule has 3 aromatic carbocycles. The average Bonchev–Trinajstić information content (AvgIpc) is 2.80. The van der Waals surface area contributed by atoms with Crippen LogP contribution in [0.2, 0.25) is 0 Å². The predicted octanol–water partition coefficient (Wildman–Crippen LogP) is 5.41. The van der Waals surface area contributed by atoms with Crippen molar-refractivity contribution in [2.45, 2.75) is 19.4 Å². The van der Waals surface area contributed by atoms with E-state index in [1.807, 2.05) is 30.3 Å². The summed E-state index contributed by atoms with van der Waals surface area (Å²) in [4.78, 5) is 23.3. The Bertz CT molecular complexity index is 1060. The molecular formula is C23H23N2O6P. The third-order valence-electron chi connectivity index (χ3n) is 4.30. The number of hydrogen-bond acceptors (Lipinski definition) is 7. The highest BCUT2D eigenvalue weighted by Crippen LogP contribution is 2.45. The van der Waals surface area contributed by atoms with Gasteiger partial charge in [-0.3, -0.25) is 4.79 Å². The number of carbonyl (C=O) groups is 1. The monoisotopic (exact) mass is 454 g/mol. The molecule has 0 amide bonds. The van der Waals surface area contributed by atoms with Crippen molar-refractivity contribution in [3.05, 3.63) is 95.4 Å². The van der Waals surface area contributed by atoms with Crippen molar-refractivity contribution in [3.8, 4) is 11.5 Å². The van der Waals surface area contributed by atoms with E-state index in [2.05, 4.69) is 10.3 Å². The maximum absolute atomic E-state index is 13.8. The zero-order valence-corrected chi connectivity index (χ0v) is 18.3. The van der Waals surface area contributed by atoms with E-state index in [1.165, 1.54) is 24.3 Å². The van der Waals surface area contributed by atoms with E-state index in [4.69, 9.17) is 13.8 Å². The second kappa shape index (κ2) is 11.2. The second-order valence-corrected chi connectivity index (χ2v) is 8.32. The van der Waals surface area contributed by atoms with Gasteiger partial charge in [-0.15, -0.1) is 4.91 Å². The first kappa shape index (κ1) is 23.2. The summed E-state index contributed by atoms with van der Waals surface area (Å²) >= 11 is 0. The number of esters is 1. The fraction of sp³-hybridized carbons (Fsp3) is 0.174. The lowest BCUT2D eigenvalue weighted by Crippen LogP contribution is -2.40. The Hall–Kier alpha value is -3.48. The van der Waals surface area contributed by atoms with E-state index in [-0.39, 0.29) is 30.2 Å². The molecule has 1 N–H and O–H groups in total. The van der Waals surface area contributed by atoms with Crippen molar-refractivity contribution >= 4 is 19.4 Å². The number of rotatable bonds is 11. The van der Waals surface area contributed by atoms with Crippen molar-refractivity contribution in [3.63, 3.8) is 0 Å². The molecule has 0 heterocycles. The highest BCUT2D eigenvalue weighted by atomic mass is 31.2. The Morgan fingerprint density at radius 1 is 0.906 bits per heavy atom. The van der Waals surface area contributed by atoms with Crippen LogP contribution >= 0.6 is 7.75 Å². The zero-order valence-electron chi connectivity index (χ0n) is 17.4. The Kier molecular flexibility index (Phi) is 8.14. The molecule has 1 unspecified atom stereocenters. The lowest BCUT2D eigenvalue weighted by atomic mass is 10.1. The zero-order chi connectivity index (χ0) is 22.8. The molecule has 9 heteroatoms. The van der Waals surface area contributed by atoms with Crippen LogP contribution in [0.15, 0.2) is 90.1 Å². The highest BCUT2D eigenvalue weighted by Gasteiger charge is 2.36. The van der Waals surface area contributed by atoms with Gasteiger partial charge in [0.25, 0.3) is 0 Å². The molecule has 0 aliphatic carbocycles. The van der Waals surface area contributed by atoms with E-state index in [0.29, 0.717) is 0 Å². The largest absolute Gasteiger partial charge is 0.513 e. The summed E-state index contributed by atoms with van der Waals surface area (Å²) in [5.41, 5.74) is 1.03. The van der Waals surface area contributed by atoms with E-state index in [9.17, 15) is 14.3 Å². The molecule has 8 nitrogen and oxygen atoms in total. The molecule has 0 bridgehead atoms. The van der Waals surface area contributed by atoms with Gasteiger partial charge in [0.1, 0.15) is 23.2 Å². The maximum Gasteiger partial charge on any atom is 0.513 e. The van der Waals surface area contributed by atoms with Crippen LogP contribution in [0, 0.1) is 4.91 Å². The number of carbonyl (C=O) groups excluding carboxylic acids is 1. The number of benzene rings is 3. The van der Waals surface area contributed by atoms with Crippen LogP contribution in [0.4, 0.5) is 5.69 Å². The van der Waals surface area contributed by atoms with Gasteiger partial charge in [-0.05, 0) is 60.5 Å². The molecule has 166 valence electrons. The molecule has 0 saturated carbocycles. The first-order valence-electron chi connectivity index (χ1n) is 9.97. The SMILES string of the molecule is CCOC(=O)[C@H](Cc1ccccc1)NP(=O)(Oc1ccccc1)Oc1ccc(N=O)cc1. The third-order valence-corrected chi connectivity index (χ3v) is 5.83. The van der Waals surface area contributed by atoms with Gasteiger partial charge in [-0.1, -0.05) is 48.5 Å². The van der Waals surface area contributed by atoms with Crippen LogP contribution in [-0.2, 0) is 20.5 Å². The molecule has 2 atom stereocenters. The van der Waals surface area contributed by atoms with E-state index in [1.54, 1.807) is 37.3 Å². The predicted molar refractivity (Wildman–Crippen MR) is 121 cm³/mol. The molecule has 3 aromatic rings. The number of para-hydroxylation sites is 1. The standard InChI is InChI=1S/C23H23N2O6P/c1-2-29-23(26)22(17-18-9-5-3-6-10-18)25-32(28,30-20-11-7-4-8-12-20)31-21-15-13-19(24-27)14-16-21/h3-16,22H,2,17H2,1H3,(H,25,28)/t22-,32?/m0/s1. The minimum atomic E-state index is -4.12. The smallest absolute Gasteiger partial charge is 0.465 e. The summed E-state index contributed by atoms with van der Waals surface area (Å²) in [5.74, 6) is -0.124. The average molecular weight is 454 g/mol. The van der Waals surface area contributed by atoms with Gasteiger partial charge in [0.05, 0.1) is 6.61 Å². The van der Waals surface area contributed by atoms with Crippen molar-refractivity contribution in [2.75, 3.05) is 6.61 Å². The van der Waals surface area contributed by atoms with Gasteiger partial charge >= 0.3 is 13.7 Å². The molecule has 3 rings (SSSR count). The van der Waals surface area contributed by atoms with Crippen LogP contribution in [0.25, 0.3) is 0 Å². The van der Waals surface area contributed by atoms with E-state index < -0.39 is 19.8 Å². The first-order valence-corrected chi connectivity index (χ1v) is 11.5. The molecule has 0 fully saturated rings. The molecule has 0 saturated heterocycles. The number of ether oxygens (including phenoxy) is 1. The molecule has 0 aliphatic heterocycles. The van der Waals surface area contributed by atoms with E-state index >= 15 is 0 Å². The van der Waals surface area contributed by atoms with Crippen LogP contribution in [0.5, 0.6) is 11.5 Å². The lowest BCUT2D eigenvalue weighted by molar-refractivity contribution is -0.145. The van der Waals surface area contributed by atoms with E-state index in [0.717, 1.165) is 5.56 Å². The molecule has 0 spiro atoms. The summed E-state index contributed by atoms with van der Waals surface area (Å²) in [6.07, 6.45) is 0.208. The van der Waals surface area contributed by atoms with Gasteiger partial charge < -0.3 is 13.8 Å². The summed E-state index contributed by atoms with van der Waals surface area (Å²) < 4.78 is 30.3. The van der Waals surface area contributed by atoms with Gasteiger partial charge in [-0.2, -0.15) is 5.09 Å². The molecule has 0 aliphatic rings. The number of hydrogen-bond donors (Lipinski definition) is 1. The summed E-state index contributed by atoms with van der Waals surface area (Å²) in [5, 5.41) is 5.57. The van der Waals surface area contributed by atoms with Gasteiger partial charge in [0, 0.05) is 0 Å². The van der Waals surface area contributed by atoms with Crippen LogP contribution < -0.4 is 14.1 Å². The summed E-state index contributed by atoms with van der Waals surface area (Å²) in [7, 11) is -4.12. The fourth-order valence-electron chi connectivity index (χ4n) is 2.86. The van der Waals surface area contributed by atoms with Gasteiger partial charge in [-0.25, -0.2) is 4.57 Å². The first-order chi connectivity index (χ1) is 15.5. The Balaban J connectivity index is 1.90. The lowest BCUT2D eigenvalue weighted by Gasteiger charge is -2.25. The number of nitrogens with zero attached hydrogens (tertiary/aromatic N) is 1. The van der Waals surface area contributed by atoms with Crippen molar-refractivity contribution in [1.29, 1.82) is 0 Å². The number of nitroso groups, excluding NO2 is 1. The number of nitrogens with one attached hydrogen (secondary N) is 1. The quantitative estimate of drug-likeness (QED) is 0.235. The van der Waals surface area contributed by atoms with Crippen molar-refractivity contribution < 1.29 is 23.1 Å². The Morgan fingerprint density at radius 3 is 2.03 bits per heavy atom. The van der Waals surface area contributed by atoms with Gasteiger partial charge in [0.15, 0.2) is 0 Å². The third kappa shape index (κ3) is 6.77. The second-order valence-electron chi connectivity index (χ2n) is 6.70. The van der Waals surface area contributed by atoms with Crippen LogP contribution in [0.1, 0.15) is 12.5 Å². The van der Waals surface area contributed by atoms with Crippen molar-refractivity contribution in [2.24, 2.45) is 5.18 Å². The van der Waals surface area contributed by atoms with Gasteiger partial charge in [0.2, 0.25) is 0 Å². The topological polar surface area (TPSA) is 103 Å². The van der Waals surface area contributed by atoms with Crippen LogP contribution in [0.3, 0.4) is 0 Å². The summed E-state index contributed by atoms with van der Waals surface area (Å²) in [6.45, 7) is 1.85. The van der Waals surface area contributed by atoms with Crippen LogP contribution in [-0.4, -0.2) is 18.6 Å². The Morgan fingerprint density at radius 2 is 1.47 bits per heavy atom. The molecule has 0 radical (unpaired) electrons. The fourth-order valence-corrected chi connectivity index (χ4v) is 4.38. The Labute approximate surface area is 186 Å². The summed E-state index contributed by atoms with van der Waals surface area (Å²) in [6, 6.07) is 22.4. The maximum atomic E-state index is 13.8. The molecule has 32 heavy (non-hydrogen) atoms. The minimum Gasteiger partial charge on any atom is -0.465 e. The normalized spacial score (nSPS) is 13.4. The van der Waals surface area contributed by atoms with Crippen molar-refractivity contribution in [1.82, 2.24) is 5.09 Å².